The maximum atomic E-state index is 2.78. The molecule has 3 heterocycles. The van der Waals surface area contributed by atoms with Crippen molar-refractivity contribution in [2.24, 2.45) is 17.8 Å². The van der Waals surface area contributed by atoms with Gasteiger partial charge in [-0.05, 0) is 37.6 Å². The molecule has 4 aliphatic rings. The Bertz CT molecular complexity index is 306. The fourth-order valence-electron chi connectivity index (χ4n) is 4.86. The summed E-state index contributed by atoms with van der Waals surface area (Å²) >= 11 is 0. The van der Waals surface area contributed by atoms with Crippen molar-refractivity contribution < 1.29 is 0 Å². The van der Waals surface area contributed by atoms with Crippen LogP contribution < -0.4 is 0 Å². The van der Waals surface area contributed by atoms with Gasteiger partial charge in [0.2, 0.25) is 0 Å². The zero-order valence-corrected chi connectivity index (χ0v) is 11.9. The van der Waals surface area contributed by atoms with Crippen LogP contribution in [0.1, 0.15) is 19.8 Å². The number of rotatable bonds is 2. The lowest BCUT2D eigenvalue weighted by atomic mass is 9.94. The molecule has 18 heavy (non-hydrogen) atoms. The molecular formula is C15H27N3. The van der Waals surface area contributed by atoms with E-state index in [0.29, 0.717) is 0 Å². The standard InChI is InChI=1S/C15H27N3/c1-11-5-17(6-11)15-9-18(10-15)14-3-12-7-16(2)8-13(12)4-14/h11-15H,3-10H2,1-2H3. The van der Waals surface area contributed by atoms with E-state index in [2.05, 4.69) is 28.7 Å². The van der Waals surface area contributed by atoms with Crippen LogP contribution in [-0.2, 0) is 0 Å². The molecule has 0 spiro atoms. The van der Waals surface area contributed by atoms with Crippen LogP contribution in [0.5, 0.6) is 0 Å². The van der Waals surface area contributed by atoms with Gasteiger partial charge in [-0.1, -0.05) is 6.92 Å². The molecule has 3 saturated heterocycles. The Kier molecular flexibility index (Phi) is 2.72. The average Bonchev–Trinajstić information content (AvgIpc) is 2.69. The van der Waals surface area contributed by atoms with Gasteiger partial charge in [0.15, 0.2) is 0 Å². The Morgan fingerprint density at radius 3 is 1.83 bits per heavy atom. The van der Waals surface area contributed by atoms with Crippen LogP contribution in [0.4, 0.5) is 0 Å². The Labute approximate surface area is 111 Å². The van der Waals surface area contributed by atoms with E-state index in [1.165, 1.54) is 52.1 Å². The van der Waals surface area contributed by atoms with Gasteiger partial charge in [-0.25, -0.2) is 0 Å². The maximum absolute atomic E-state index is 2.78. The van der Waals surface area contributed by atoms with Gasteiger partial charge in [0.05, 0.1) is 0 Å². The number of hydrogen-bond acceptors (Lipinski definition) is 3. The summed E-state index contributed by atoms with van der Waals surface area (Å²) in [6.45, 7) is 10.6. The summed E-state index contributed by atoms with van der Waals surface area (Å²) in [6.07, 6.45) is 2.97. The molecule has 1 saturated carbocycles. The summed E-state index contributed by atoms with van der Waals surface area (Å²) in [6, 6.07) is 1.84. The topological polar surface area (TPSA) is 9.72 Å². The van der Waals surface area contributed by atoms with Crippen LogP contribution in [0.3, 0.4) is 0 Å². The minimum Gasteiger partial charge on any atom is -0.306 e. The van der Waals surface area contributed by atoms with Crippen molar-refractivity contribution in [3.63, 3.8) is 0 Å². The van der Waals surface area contributed by atoms with Gasteiger partial charge in [0.1, 0.15) is 0 Å². The first kappa shape index (κ1) is 11.7. The molecule has 4 fully saturated rings. The highest BCUT2D eigenvalue weighted by molar-refractivity contribution is 5.01. The second kappa shape index (κ2) is 4.19. The normalized spacial score (nSPS) is 44.0. The van der Waals surface area contributed by atoms with Gasteiger partial charge in [-0.2, -0.15) is 0 Å². The molecule has 0 aromatic rings. The van der Waals surface area contributed by atoms with Gasteiger partial charge in [0, 0.05) is 51.4 Å². The molecular weight excluding hydrogens is 222 g/mol. The van der Waals surface area contributed by atoms with Crippen molar-refractivity contribution in [2.45, 2.75) is 31.8 Å². The zero-order valence-electron chi connectivity index (χ0n) is 11.9. The molecule has 3 aliphatic heterocycles. The number of hydrogen-bond donors (Lipinski definition) is 0. The van der Waals surface area contributed by atoms with E-state index in [9.17, 15) is 0 Å². The summed E-state index contributed by atoms with van der Waals surface area (Å²) in [5.74, 6) is 2.99. The van der Waals surface area contributed by atoms with Crippen molar-refractivity contribution in [2.75, 3.05) is 46.3 Å². The summed E-state index contributed by atoms with van der Waals surface area (Å²) in [7, 11) is 2.29. The van der Waals surface area contributed by atoms with Gasteiger partial charge in [0.25, 0.3) is 0 Å². The largest absolute Gasteiger partial charge is 0.306 e. The molecule has 0 aromatic carbocycles. The van der Waals surface area contributed by atoms with Crippen molar-refractivity contribution in [3.05, 3.63) is 0 Å². The average molecular weight is 249 g/mol. The highest BCUT2D eigenvalue weighted by Gasteiger charge is 2.46. The van der Waals surface area contributed by atoms with E-state index in [-0.39, 0.29) is 0 Å². The first-order valence-electron chi connectivity index (χ1n) is 7.85. The second-order valence-electron chi connectivity index (χ2n) is 7.53. The third-order valence-electron chi connectivity index (χ3n) is 5.92. The monoisotopic (exact) mass is 249 g/mol. The van der Waals surface area contributed by atoms with Gasteiger partial charge in [-0.3, -0.25) is 9.80 Å². The zero-order chi connectivity index (χ0) is 12.3. The van der Waals surface area contributed by atoms with Crippen LogP contribution in [0, 0.1) is 17.8 Å². The number of likely N-dealkylation sites (tertiary alicyclic amines) is 3. The van der Waals surface area contributed by atoms with Gasteiger partial charge < -0.3 is 4.90 Å². The second-order valence-corrected chi connectivity index (χ2v) is 7.53. The highest BCUT2D eigenvalue weighted by atomic mass is 15.3. The third-order valence-corrected chi connectivity index (χ3v) is 5.92. The summed E-state index contributed by atoms with van der Waals surface area (Å²) in [5, 5.41) is 0. The maximum Gasteiger partial charge on any atom is 0.0350 e. The summed E-state index contributed by atoms with van der Waals surface area (Å²) in [5.41, 5.74) is 0. The molecule has 0 radical (unpaired) electrons. The van der Waals surface area contributed by atoms with Crippen LogP contribution in [0.2, 0.25) is 0 Å². The molecule has 102 valence electrons. The van der Waals surface area contributed by atoms with Crippen molar-refractivity contribution in [1.82, 2.24) is 14.7 Å². The Morgan fingerprint density at radius 2 is 1.28 bits per heavy atom. The first-order valence-corrected chi connectivity index (χ1v) is 7.85. The highest BCUT2D eigenvalue weighted by Crippen LogP contribution is 2.41. The van der Waals surface area contributed by atoms with E-state index >= 15 is 0 Å². The van der Waals surface area contributed by atoms with E-state index in [1.807, 2.05) is 0 Å². The fraction of sp³-hybridized carbons (Fsp3) is 1.00. The predicted octanol–water partition coefficient (Wildman–Crippen LogP) is 0.963. The van der Waals surface area contributed by atoms with Crippen molar-refractivity contribution >= 4 is 0 Å². The first-order chi connectivity index (χ1) is 8.69. The predicted molar refractivity (Wildman–Crippen MR) is 73.6 cm³/mol. The van der Waals surface area contributed by atoms with Gasteiger partial charge in [-0.15, -0.1) is 0 Å². The lowest BCUT2D eigenvalue weighted by molar-refractivity contribution is -0.0439. The molecule has 4 rings (SSSR count). The molecule has 0 N–H and O–H groups in total. The minimum atomic E-state index is 0.907. The van der Waals surface area contributed by atoms with Crippen LogP contribution in [0.15, 0.2) is 0 Å². The number of nitrogens with zero attached hydrogens (tertiary/aromatic N) is 3. The molecule has 1 aliphatic carbocycles. The molecule has 0 aromatic heterocycles. The van der Waals surface area contributed by atoms with Crippen LogP contribution in [-0.4, -0.2) is 73.1 Å². The molecule has 0 amide bonds. The fourth-order valence-corrected chi connectivity index (χ4v) is 4.86. The van der Waals surface area contributed by atoms with Crippen LogP contribution >= 0.6 is 0 Å². The van der Waals surface area contributed by atoms with E-state index in [1.54, 1.807) is 0 Å². The van der Waals surface area contributed by atoms with Crippen molar-refractivity contribution in [1.29, 1.82) is 0 Å². The Morgan fingerprint density at radius 1 is 0.722 bits per heavy atom. The molecule has 0 bridgehead atoms. The SMILES string of the molecule is CC1CN(C2CN(C3CC4CN(C)CC4C3)C2)C1. The quantitative estimate of drug-likeness (QED) is 0.722. The number of fused-ring (bicyclic) bond motifs is 1. The Hall–Kier alpha value is -0.120. The van der Waals surface area contributed by atoms with E-state index in [0.717, 1.165) is 29.8 Å². The molecule has 2 unspecified atom stereocenters. The van der Waals surface area contributed by atoms with E-state index < -0.39 is 0 Å². The lowest BCUT2D eigenvalue weighted by Gasteiger charge is -2.53. The van der Waals surface area contributed by atoms with Crippen molar-refractivity contribution in [3.8, 4) is 0 Å². The molecule has 3 heteroatoms. The smallest absolute Gasteiger partial charge is 0.0350 e. The minimum absolute atomic E-state index is 0.907. The third kappa shape index (κ3) is 1.83. The summed E-state index contributed by atoms with van der Waals surface area (Å²) in [4.78, 5) is 8.02. The molecule has 2 atom stereocenters. The van der Waals surface area contributed by atoms with Gasteiger partial charge >= 0.3 is 0 Å². The summed E-state index contributed by atoms with van der Waals surface area (Å²) < 4.78 is 0. The van der Waals surface area contributed by atoms with Crippen LogP contribution in [0.25, 0.3) is 0 Å². The molecule has 3 nitrogen and oxygen atoms in total. The lowest BCUT2D eigenvalue weighted by Crippen LogP contribution is -2.66. The Balaban J connectivity index is 1.26. The van der Waals surface area contributed by atoms with E-state index in [4.69, 9.17) is 0 Å².